The predicted octanol–water partition coefficient (Wildman–Crippen LogP) is -10.2. The first-order valence-electron chi connectivity index (χ1n) is 0.908. The van der Waals surface area contributed by atoms with Gasteiger partial charge < -0.3 is 22.3 Å². The van der Waals surface area contributed by atoms with Crippen molar-refractivity contribution in [1.29, 1.82) is 0 Å². The Labute approximate surface area is 134 Å². The number of carboxylic acids is 1. The van der Waals surface area contributed by atoms with E-state index in [0.29, 0.717) is 0 Å². The van der Waals surface area contributed by atoms with Crippen LogP contribution in [0.2, 0.25) is 0 Å². The van der Waals surface area contributed by atoms with Gasteiger partial charge in [-0.15, -0.1) is 0 Å². The van der Waals surface area contributed by atoms with Crippen LogP contribution in [0, 0.1) is 0 Å². The third kappa shape index (κ3) is 48.6. The molecule has 32 valence electrons. The van der Waals surface area contributed by atoms with Gasteiger partial charge in [-0.1, -0.05) is 0 Å². The molecule has 0 saturated carbocycles. The van der Waals surface area contributed by atoms with Gasteiger partial charge in [0, 0.05) is 5.97 Å². The average Bonchev–Trinajstić information content (AvgIpc) is 0.811. The molecule has 0 saturated heterocycles. The van der Waals surface area contributed by atoms with Gasteiger partial charge in [-0.3, -0.25) is 0 Å². The summed E-state index contributed by atoms with van der Waals surface area (Å²) >= 11 is 0. The molecule has 0 aromatic carbocycles. The number of carboxylic acid groups (broad SMARTS) is 1. The van der Waals surface area contributed by atoms with Crippen LogP contribution >= 0.6 is 0 Å². The quantitative estimate of drug-likeness (QED) is 0.341. The van der Waals surface area contributed by atoms with Crippen molar-refractivity contribution in [2.24, 2.45) is 0 Å². The molecule has 2 nitrogen and oxygen atoms in total. The van der Waals surface area contributed by atoms with E-state index in [1.165, 1.54) is 0 Å². The van der Waals surface area contributed by atoms with Crippen molar-refractivity contribution in [3.8, 4) is 0 Å². The Morgan fingerprint density at radius 3 is 1.43 bits per heavy atom. The molecule has 0 atom stereocenters. The van der Waals surface area contributed by atoms with Gasteiger partial charge in [0.1, 0.15) is 0 Å². The Kier molecular flexibility index (Phi) is 51.5. The molecule has 0 radical (unpaired) electrons. The Hall–Kier alpha value is 3.03. The van der Waals surface area contributed by atoms with Gasteiger partial charge >= 0.3 is 103 Å². The molecule has 0 aromatic rings. The average molecular weight is 173 g/mol. The summed E-state index contributed by atoms with van der Waals surface area (Å²) in [6.45, 7) is 0.972. The van der Waals surface area contributed by atoms with Gasteiger partial charge in [-0.05, 0) is 6.92 Å². The fourth-order valence-electron chi connectivity index (χ4n) is 0. The van der Waals surface area contributed by atoms with Crippen LogP contribution in [0.25, 0.3) is 0 Å². The number of halogens is 1. The minimum Gasteiger partial charge on any atom is -1.00 e. The zero-order valence-corrected chi connectivity index (χ0v) is 11.7. The van der Waals surface area contributed by atoms with E-state index in [1.54, 1.807) is 0 Å². The first kappa shape index (κ1) is 22.5. The Balaban J connectivity index is -0.0000000150. The van der Waals surface area contributed by atoms with Gasteiger partial charge in [0.05, 0.1) is 0 Å². The maximum atomic E-state index is 8.89. The predicted molar refractivity (Wildman–Crippen MR) is 10.7 cm³/mol. The van der Waals surface area contributed by atoms with Gasteiger partial charge in [-0.25, -0.2) is 0 Å². The first-order valence-corrected chi connectivity index (χ1v) is 0.908. The van der Waals surface area contributed by atoms with Crippen LogP contribution in [0.3, 0.4) is 0 Å². The molecule has 0 bridgehead atoms. The molecular weight excluding hydrogens is 170 g/mol. The van der Waals surface area contributed by atoms with E-state index in [2.05, 4.69) is 0 Å². The number of carbonyl (C=O) groups is 1. The second kappa shape index (κ2) is 16.0. The maximum Gasteiger partial charge on any atom is 1.00 e. The molecule has 5 heteroatoms. The molecule has 0 heterocycles. The molecule has 0 aliphatic rings. The molecule has 0 aliphatic carbocycles. The van der Waals surface area contributed by atoms with E-state index in [0.717, 1.165) is 6.92 Å². The van der Waals surface area contributed by atoms with E-state index < -0.39 is 5.97 Å². The van der Waals surface area contributed by atoms with E-state index in [4.69, 9.17) is 9.90 Å². The topological polar surface area (TPSA) is 40.1 Å². The smallest absolute Gasteiger partial charge is 1.00 e. The standard InChI is InChI=1S/C2H4O2.ClH.2K/c1-2(3)4;;;/h1H3,(H,3,4);1H;;/q;;2*+1/p-2. The summed E-state index contributed by atoms with van der Waals surface area (Å²) in [5, 5.41) is 8.89. The van der Waals surface area contributed by atoms with Crippen molar-refractivity contribution >= 4 is 5.97 Å². The van der Waals surface area contributed by atoms with Crippen molar-refractivity contribution < 1.29 is 125 Å². The van der Waals surface area contributed by atoms with Crippen molar-refractivity contribution in [3.63, 3.8) is 0 Å². The Morgan fingerprint density at radius 2 is 1.43 bits per heavy atom. The fourth-order valence-corrected chi connectivity index (χ4v) is 0. The minimum atomic E-state index is -1.08. The van der Waals surface area contributed by atoms with Crippen molar-refractivity contribution in [2.45, 2.75) is 6.92 Å². The van der Waals surface area contributed by atoms with Crippen LogP contribution in [0.5, 0.6) is 0 Å². The summed E-state index contributed by atoms with van der Waals surface area (Å²) in [5.74, 6) is -1.08. The molecule has 0 spiro atoms. The summed E-state index contributed by atoms with van der Waals surface area (Å²) in [5.41, 5.74) is 0. The molecule has 0 aliphatic heterocycles. The summed E-state index contributed by atoms with van der Waals surface area (Å²) in [4.78, 5) is 8.89. The molecule has 0 amide bonds. The number of carbonyl (C=O) groups excluding carboxylic acids is 1. The second-order valence-corrected chi connectivity index (χ2v) is 0.492. The van der Waals surface area contributed by atoms with Crippen LogP contribution < -0.4 is 120 Å². The van der Waals surface area contributed by atoms with Crippen LogP contribution in [-0.4, -0.2) is 5.97 Å². The minimum absolute atomic E-state index is 0. The van der Waals surface area contributed by atoms with Gasteiger partial charge in [0.2, 0.25) is 0 Å². The number of hydrogen-bond donors (Lipinski definition) is 0. The van der Waals surface area contributed by atoms with Gasteiger partial charge in [0.15, 0.2) is 0 Å². The van der Waals surface area contributed by atoms with Gasteiger partial charge in [0.25, 0.3) is 0 Å². The molecular formula is C2H3ClK2O2. The fraction of sp³-hybridized carbons (Fsp3) is 0.500. The zero-order valence-electron chi connectivity index (χ0n) is 4.69. The molecule has 0 aromatic heterocycles. The van der Waals surface area contributed by atoms with Crippen LogP contribution in [0.15, 0.2) is 0 Å². The van der Waals surface area contributed by atoms with Crippen LogP contribution in [0.4, 0.5) is 0 Å². The SMILES string of the molecule is CC(=O)[O-].[Cl-].[K+].[K+]. The van der Waals surface area contributed by atoms with Crippen molar-refractivity contribution in [2.75, 3.05) is 0 Å². The Morgan fingerprint density at radius 1 is 1.43 bits per heavy atom. The van der Waals surface area contributed by atoms with E-state index >= 15 is 0 Å². The maximum absolute atomic E-state index is 8.89. The Bertz CT molecular complexity index is 36.7. The third-order valence-corrected chi connectivity index (χ3v) is 0. The molecule has 0 fully saturated rings. The zero-order chi connectivity index (χ0) is 3.58. The summed E-state index contributed by atoms with van der Waals surface area (Å²) in [6.07, 6.45) is 0. The molecule has 0 unspecified atom stereocenters. The summed E-state index contributed by atoms with van der Waals surface area (Å²) < 4.78 is 0. The van der Waals surface area contributed by atoms with E-state index in [1.807, 2.05) is 0 Å². The monoisotopic (exact) mass is 172 g/mol. The molecule has 0 N–H and O–H groups in total. The van der Waals surface area contributed by atoms with Crippen LogP contribution in [0.1, 0.15) is 6.92 Å². The summed E-state index contributed by atoms with van der Waals surface area (Å²) in [6, 6.07) is 0. The summed E-state index contributed by atoms with van der Waals surface area (Å²) in [7, 11) is 0. The van der Waals surface area contributed by atoms with Crippen molar-refractivity contribution in [1.82, 2.24) is 0 Å². The molecule has 7 heavy (non-hydrogen) atoms. The number of rotatable bonds is 0. The second-order valence-electron chi connectivity index (χ2n) is 0.492. The largest absolute Gasteiger partial charge is 1.00 e. The van der Waals surface area contributed by atoms with Crippen LogP contribution in [-0.2, 0) is 4.79 Å². The van der Waals surface area contributed by atoms with Gasteiger partial charge in [-0.2, -0.15) is 0 Å². The van der Waals surface area contributed by atoms with E-state index in [9.17, 15) is 0 Å². The van der Waals surface area contributed by atoms with Crippen molar-refractivity contribution in [3.05, 3.63) is 0 Å². The molecule has 0 rings (SSSR count). The third-order valence-electron chi connectivity index (χ3n) is 0. The number of aliphatic carboxylic acids is 1. The number of hydrogen-bond acceptors (Lipinski definition) is 2. The van der Waals surface area contributed by atoms with E-state index in [-0.39, 0.29) is 115 Å². The normalized spacial score (nSPS) is 3.57. The first-order chi connectivity index (χ1) is 1.73.